The molecule has 0 aliphatic carbocycles. The van der Waals surface area contributed by atoms with Crippen molar-refractivity contribution in [2.45, 2.75) is 0 Å². The highest BCUT2D eigenvalue weighted by Gasteiger charge is 2.23. The third kappa shape index (κ3) is 2.21. The Hall–Kier alpha value is -2.48. The molecular weight excluding hydrogens is 296 g/mol. The van der Waals surface area contributed by atoms with Gasteiger partial charge in [0.1, 0.15) is 17.1 Å². The highest BCUT2D eigenvalue weighted by atomic mass is 19.1. The van der Waals surface area contributed by atoms with Crippen molar-refractivity contribution in [2.24, 2.45) is 0 Å². The van der Waals surface area contributed by atoms with E-state index in [1.54, 1.807) is 4.90 Å². The molecule has 0 bridgehead atoms. The minimum Gasteiger partial charge on any atom is -0.477 e. The molecule has 2 aromatic rings. The number of nitrogens with zero attached hydrogens (tertiary/aromatic N) is 1. The Morgan fingerprint density at radius 2 is 1.95 bits per heavy atom. The number of H-pyrrole nitrogens is 1. The number of hydrogen-bond acceptors (Lipinski definition) is 4. The lowest BCUT2D eigenvalue weighted by molar-refractivity contribution is 0.0695. The maximum Gasteiger partial charge on any atom is 0.341 e. The van der Waals surface area contributed by atoms with E-state index in [2.05, 4.69) is 10.3 Å². The summed E-state index contributed by atoms with van der Waals surface area (Å²) in [5, 5.41) is 11.7. The number of pyridine rings is 1. The number of anilines is 1. The number of fused-ring (bicyclic) bond motifs is 1. The first kappa shape index (κ1) is 14.5. The van der Waals surface area contributed by atoms with E-state index in [0.29, 0.717) is 26.2 Å². The summed E-state index contributed by atoms with van der Waals surface area (Å²) < 4.78 is 28.9. The van der Waals surface area contributed by atoms with Crippen molar-refractivity contribution in [1.82, 2.24) is 10.3 Å². The molecule has 3 N–H and O–H groups in total. The SMILES string of the molecule is O=C(O)c1c[nH]c2c(F)c(N3CCNCC3)c(F)cc2c1=O. The van der Waals surface area contributed by atoms with Crippen LogP contribution >= 0.6 is 0 Å². The Labute approximate surface area is 123 Å². The van der Waals surface area contributed by atoms with Gasteiger partial charge in [-0.1, -0.05) is 0 Å². The van der Waals surface area contributed by atoms with Crippen LogP contribution in [0.25, 0.3) is 10.9 Å². The second-order valence-corrected chi connectivity index (χ2v) is 5.02. The quantitative estimate of drug-likeness (QED) is 0.768. The van der Waals surface area contributed by atoms with E-state index in [0.717, 1.165) is 12.3 Å². The van der Waals surface area contributed by atoms with Crippen LogP contribution in [0.3, 0.4) is 0 Å². The lowest BCUT2D eigenvalue weighted by Gasteiger charge is -2.30. The first-order valence-corrected chi connectivity index (χ1v) is 6.73. The van der Waals surface area contributed by atoms with Crippen LogP contribution in [0, 0.1) is 11.6 Å². The number of carboxylic acids is 1. The molecule has 6 nitrogen and oxygen atoms in total. The smallest absolute Gasteiger partial charge is 0.341 e. The highest BCUT2D eigenvalue weighted by molar-refractivity contribution is 5.93. The van der Waals surface area contributed by atoms with Crippen molar-refractivity contribution in [2.75, 3.05) is 31.1 Å². The fourth-order valence-electron chi connectivity index (χ4n) is 2.62. The van der Waals surface area contributed by atoms with Crippen LogP contribution in [0.15, 0.2) is 17.1 Å². The Morgan fingerprint density at radius 1 is 1.27 bits per heavy atom. The van der Waals surface area contributed by atoms with Crippen molar-refractivity contribution in [3.8, 4) is 0 Å². The van der Waals surface area contributed by atoms with E-state index >= 15 is 0 Å². The Kier molecular flexibility index (Phi) is 3.53. The molecule has 22 heavy (non-hydrogen) atoms. The van der Waals surface area contributed by atoms with Gasteiger partial charge in [0.2, 0.25) is 5.43 Å². The van der Waals surface area contributed by atoms with E-state index in [-0.39, 0.29) is 16.6 Å². The molecule has 1 aromatic carbocycles. The zero-order chi connectivity index (χ0) is 15.9. The fourth-order valence-corrected chi connectivity index (χ4v) is 2.62. The average Bonchev–Trinajstić information content (AvgIpc) is 2.49. The zero-order valence-corrected chi connectivity index (χ0v) is 11.4. The first-order chi connectivity index (χ1) is 10.5. The fraction of sp³-hybridized carbons (Fsp3) is 0.286. The van der Waals surface area contributed by atoms with Gasteiger partial charge in [0.15, 0.2) is 5.82 Å². The first-order valence-electron chi connectivity index (χ1n) is 6.73. The molecule has 0 spiro atoms. The van der Waals surface area contributed by atoms with E-state index in [4.69, 9.17) is 5.11 Å². The Balaban J connectivity index is 2.23. The number of hydrogen-bond donors (Lipinski definition) is 3. The number of carboxylic acid groups (broad SMARTS) is 1. The summed E-state index contributed by atoms with van der Waals surface area (Å²) in [6, 6.07) is 0.890. The number of benzene rings is 1. The average molecular weight is 309 g/mol. The molecule has 0 radical (unpaired) electrons. The number of piperazine rings is 1. The molecule has 0 amide bonds. The van der Waals surface area contributed by atoms with Crippen LogP contribution in [0.1, 0.15) is 10.4 Å². The molecule has 0 unspecified atom stereocenters. The van der Waals surface area contributed by atoms with Gasteiger partial charge in [-0.25, -0.2) is 13.6 Å². The molecule has 1 aliphatic heterocycles. The maximum atomic E-state index is 14.6. The summed E-state index contributed by atoms with van der Waals surface area (Å²) in [7, 11) is 0. The normalized spacial score (nSPS) is 15.3. The minimum absolute atomic E-state index is 0.190. The van der Waals surface area contributed by atoms with Crippen molar-refractivity contribution >= 4 is 22.6 Å². The largest absolute Gasteiger partial charge is 0.477 e. The zero-order valence-electron chi connectivity index (χ0n) is 11.4. The third-order valence-corrected chi connectivity index (χ3v) is 3.71. The van der Waals surface area contributed by atoms with Gasteiger partial charge in [0.25, 0.3) is 0 Å². The van der Waals surface area contributed by atoms with Gasteiger partial charge in [0, 0.05) is 32.4 Å². The minimum atomic E-state index is -1.45. The second-order valence-electron chi connectivity index (χ2n) is 5.02. The summed E-state index contributed by atoms with van der Waals surface area (Å²) in [5.74, 6) is -3.21. The van der Waals surface area contributed by atoms with E-state index in [9.17, 15) is 18.4 Å². The van der Waals surface area contributed by atoms with Gasteiger partial charge < -0.3 is 20.3 Å². The van der Waals surface area contributed by atoms with Crippen LogP contribution in [0.2, 0.25) is 0 Å². The topological polar surface area (TPSA) is 85.4 Å². The van der Waals surface area contributed by atoms with E-state index < -0.39 is 28.6 Å². The van der Waals surface area contributed by atoms with Gasteiger partial charge in [0.05, 0.1) is 10.9 Å². The second kappa shape index (κ2) is 5.38. The lowest BCUT2D eigenvalue weighted by Crippen LogP contribution is -2.44. The van der Waals surface area contributed by atoms with Crippen LogP contribution in [0.5, 0.6) is 0 Å². The molecule has 1 saturated heterocycles. The van der Waals surface area contributed by atoms with Gasteiger partial charge in [-0.05, 0) is 6.07 Å². The standard InChI is InChI=1S/C14H13F2N3O3/c15-9-5-7-11(18-6-8(13(7)20)14(21)22)10(16)12(9)19-3-1-17-2-4-19/h5-6,17H,1-4H2,(H,18,20)(H,21,22). The number of halogens is 2. The maximum absolute atomic E-state index is 14.6. The number of aromatic amines is 1. The summed E-state index contributed by atoms with van der Waals surface area (Å²) in [6.45, 7) is 2.09. The Bertz CT molecular complexity index is 813. The number of rotatable bonds is 2. The van der Waals surface area contributed by atoms with Gasteiger partial charge in [-0.3, -0.25) is 4.79 Å². The molecular formula is C14H13F2N3O3. The number of nitrogens with one attached hydrogen (secondary N) is 2. The molecule has 1 fully saturated rings. The summed E-state index contributed by atoms with van der Waals surface area (Å²) in [4.78, 5) is 26.9. The van der Waals surface area contributed by atoms with Crippen molar-refractivity contribution in [3.63, 3.8) is 0 Å². The molecule has 1 aliphatic rings. The summed E-state index contributed by atoms with van der Waals surface area (Å²) in [5.41, 5.74) is -1.86. The molecule has 0 saturated carbocycles. The van der Waals surface area contributed by atoms with Gasteiger partial charge in [-0.2, -0.15) is 0 Å². The predicted molar refractivity (Wildman–Crippen MR) is 76.5 cm³/mol. The van der Waals surface area contributed by atoms with E-state index in [1.807, 2.05) is 0 Å². The summed E-state index contributed by atoms with van der Waals surface area (Å²) >= 11 is 0. The lowest BCUT2D eigenvalue weighted by atomic mass is 10.1. The molecule has 116 valence electrons. The van der Waals surface area contributed by atoms with Crippen molar-refractivity contribution < 1.29 is 18.7 Å². The van der Waals surface area contributed by atoms with Crippen LogP contribution in [-0.2, 0) is 0 Å². The number of aromatic nitrogens is 1. The predicted octanol–water partition coefficient (Wildman–Crippen LogP) is 0.914. The van der Waals surface area contributed by atoms with Crippen molar-refractivity contribution in [3.05, 3.63) is 39.7 Å². The number of aromatic carboxylic acids is 1. The third-order valence-electron chi connectivity index (χ3n) is 3.71. The highest BCUT2D eigenvalue weighted by Crippen LogP contribution is 2.28. The summed E-state index contributed by atoms with van der Waals surface area (Å²) in [6.07, 6.45) is 0.926. The van der Waals surface area contributed by atoms with Crippen LogP contribution in [0.4, 0.5) is 14.5 Å². The molecule has 8 heteroatoms. The monoisotopic (exact) mass is 309 g/mol. The molecule has 0 atom stereocenters. The van der Waals surface area contributed by atoms with Crippen molar-refractivity contribution in [1.29, 1.82) is 0 Å². The molecule has 3 rings (SSSR count). The molecule has 2 heterocycles. The molecule has 1 aromatic heterocycles. The Morgan fingerprint density at radius 3 is 2.59 bits per heavy atom. The van der Waals surface area contributed by atoms with Crippen LogP contribution < -0.4 is 15.6 Å². The van der Waals surface area contributed by atoms with Crippen LogP contribution in [-0.4, -0.2) is 42.2 Å². The van der Waals surface area contributed by atoms with Gasteiger partial charge >= 0.3 is 5.97 Å². The van der Waals surface area contributed by atoms with Gasteiger partial charge in [-0.15, -0.1) is 0 Å². The van der Waals surface area contributed by atoms with E-state index in [1.165, 1.54) is 0 Å². The number of carbonyl (C=O) groups is 1.